The van der Waals surface area contributed by atoms with Crippen molar-refractivity contribution >= 4 is 17.2 Å². The molecule has 94 valence electrons. The molecule has 0 radical (unpaired) electrons. The van der Waals surface area contributed by atoms with Crippen LogP contribution in [0.15, 0.2) is 5.38 Å². The fourth-order valence-corrected chi connectivity index (χ4v) is 2.66. The van der Waals surface area contributed by atoms with Gasteiger partial charge in [0.1, 0.15) is 10.7 Å². The monoisotopic (exact) mass is 255 g/mol. The SMILES string of the molecule is CC1CN(C(=O)c2csc(CN)n2)CC(C)O1. The quantitative estimate of drug-likeness (QED) is 0.850. The summed E-state index contributed by atoms with van der Waals surface area (Å²) in [7, 11) is 0. The van der Waals surface area contributed by atoms with Gasteiger partial charge in [-0.25, -0.2) is 4.98 Å². The van der Waals surface area contributed by atoms with Crippen LogP contribution < -0.4 is 5.73 Å². The highest BCUT2D eigenvalue weighted by atomic mass is 32.1. The number of hydrogen-bond acceptors (Lipinski definition) is 5. The predicted octanol–water partition coefficient (Wildman–Crippen LogP) is 0.851. The first kappa shape index (κ1) is 12.5. The molecule has 0 aromatic carbocycles. The summed E-state index contributed by atoms with van der Waals surface area (Å²) in [5.41, 5.74) is 5.99. The first-order chi connectivity index (χ1) is 8.10. The van der Waals surface area contributed by atoms with E-state index < -0.39 is 0 Å². The van der Waals surface area contributed by atoms with Crippen LogP contribution in [0.5, 0.6) is 0 Å². The molecule has 0 bridgehead atoms. The molecule has 0 spiro atoms. The first-order valence-corrected chi connectivity index (χ1v) is 6.57. The van der Waals surface area contributed by atoms with Crippen molar-refractivity contribution < 1.29 is 9.53 Å². The molecule has 2 N–H and O–H groups in total. The topological polar surface area (TPSA) is 68.5 Å². The summed E-state index contributed by atoms with van der Waals surface area (Å²) >= 11 is 1.43. The zero-order chi connectivity index (χ0) is 12.4. The minimum Gasteiger partial charge on any atom is -0.372 e. The summed E-state index contributed by atoms with van der Waals surface area (Å²) in [5.74, 6) is -0.0250. The van der Waals surface area contributed by atoms with Crippen LogP contribution >= 0.6 is 11.3 Å². The van der Waals surface area contributed by atoms with Crippen LogP contribution in [0.2, 0.25) is 0 Å². The molecule has 1 saturated heterocycles. The van der Waals surface area contributed by atoms with E-state index in [0.717, 1.165) is 5.01 Å². The van der Waals surface area contributed by atoms with Crippen LogP contribution in [-0.4, -0.2) is 41.1 Å². The van der Waals surface area contributed by atoms with E-state index >= 15 is 0 Å². The summed E-state index contributed by atoms with van der Waals surface area (Å²) in [4.78, 5) is 18.2. The van der Waals surface area contributed by atoms with E-state index in [2.05, 4.69) is 4.98 Å². The lowest BCUT2D eigenvalue weighted by atomic mass is 10.2. The van der Waals surface area contributed by atoms with Crippen molar-refractivity contribution in [2.75, 3.05) is 13.1 Å². The summed E-state index contributed by atoms with van der Waals surface area (Å²) in [6, 6.07) is 0. The van der Waals surface area contributed by atoms with Gasteiger partial charge < -0.3 is 15.4 Å². The third-order valence-electron chi connectivity index (χ3n) is 2.65. The molecule has 0 saturated carbocycles. The maximum absolute atomic E-state index is 12.2. The van der Waals surface area contributed by atoms with Gasteiger partial charge >= 0.3 is 0 Å². The average Bonchev–Trinajstić information content (AvgIpc) is 2.75. The number of rotatable bonds is 2. The molecule has 1 aliphatic heterocycles. The van der Waals surface area contributed by atoms with E-state index in [0.29, 0.717) is 25.3 Å². The van der Waals surface area contributed by atoms with Gasteiger partial charge in [0.25, 0.3) is 5.91 Å². The number of carbonyl (C=O) groups excluding carboxylic acids is 1. The Bertz CT molecular complexity index is 397. The fraction of sp³-hybridized carbons (Fsp3) is 0.636. The van der Waals surface area contributed by atoms with Gasteiger partial charge in [0.2, 0.25) is 0 Å². The van der Waals surface area contributed by atoms with Crippen LogP contribution in [0.1, 0.15) is 29.3 Å². The van der Waals surface area contributed by atoms with Crippen LogP contribution in [0.3, 0.4) is 0 Å². The largest absolute Gasteiger partial charge is 0.372 e. The number of thiazole rings is 1. The summed E-state index contributed by atoms with van der Waals surface area (Å²) < 4.78 is 5.60. The molecule has 1 aromatic heterocycles. The van der Waals surface area contributed by atoms with E-state index in [-0.39, 0.29) is 18.1 Å². The number of nitrogens with zero attached hydrogens (tertiary/aromatic N) is 2. The minimum absolute atomic E-state index is 0.0250. The van der Waals surface area contributed by atoms with Crippen molar-refractivity contribution in [2.24, 2.45) is 5.73 Å². The molecule has 5 nitrogen and oxygen atoms in total. The molecule has 17 heavy (non-hydrogen) atoms. The third-order valence-corrected chi connectivity index (χ3v) is 3.52. The molecule has 1 fully saturated rings. The van der Waals surface area contributed by atoms with Crippen molar-refractivity contribution in [2.45, 2.75) is 32.6 Å². The third kappa shape index (κ3) is 2.83. The van der Waals surface area contributed by atoms with Gasteiger partial charge in [-0.2, -0.15) is 0 Å². The number of aromatic nitrogens is 1. The second-order valence-electron chi connectivity index (χ2n) is 4.30. The van der Waals surface area contributed by atoms with Crippen LogP contribution in [-0.2, 0) is 11.3 Å². The fourth-order valence-electron chi connectivity index (χ4n) is 2.01. The molecular weight excluding hydrogens is 238 g/mol. The molecule has 2 atom stereocenters. The van der Waals surface area contributed by atoms with E-state index in [9.17, 15) is 4.79 Å². The van der Waals surface area contributed by atoms with Gasteiger partial charge in [-0.3, -0.25) is 4.79 Å². The van der Waals surface area contributed by atoms with Gasteiger partial charge in [0.05, 0.1) is 12.2 Å². The number of morpholine rings is 1. The number of nitrogens with two attached hydrogens (primary N) is 1. The van der Waals surface area contributed by atoms with Gasteiger partial charge in [-0.05, 0) is 13.8 Å². The van der Waals surface area contributed by atoms with Gasteiger partial charge in [-0.15, -0.1) is 11.3 Å². The highest BCUT2D eigenvalue weighted by molar-refractivity contribution is 7.09. The molecule has 1 aromatic rings. The highest BCUT2D eigenvalue weighted by Gasteiger charge is 2.27. The Morgan fingerprint density at radius 1 is 1.59 bits per heavy atom. The Hall–Kier alpha value is -0.980. The Kier molecular flexibility index (Phi) is 3.76. The number of ether oxygens (including phenoxy) is 1. The van der Waals surface area contributed by atoms with Crippen molar-refractivity contribution in [3.05, 3.63) is 16.1 Å². The summed E-state index contributed by atoms with van der Waals surface area (Å²) in [6.07, 6.45) is 0.158. The zero-order valence-corrected chi connectivity index (χ0v) is 10.9. The number of amides is 1. The molecule has 6 heteroatoms. The maximum atomic E-state index is 12.2. The average molecular weight is 255 g/mol. The lowest BCUT2D eigenvalue weighted by molar-refractivity contribution is -0.0587. The molecule has 2 rings (SSSR count). The van der Waals surface area contributed by atoms with Crippen molar-refractivity contribution in [3.63, 3.8) is 0 Å². The Balaban J connectivity index is 2.08. The molecule has 2 heterocycles. The number of carbonyl (C=O) groups is 1. The molecular formula is C11H17N3O2S. The lowest BCUT2D eigenvalue weighted by Crippen LogP contribution is -2.48. The van der Waals surface area contributed by atoms with Crippen LogP contribution in [0.25, 0.3) is 0 Å². The molecule has 1 amide bonds. The van der Waals surface area contributed by atoms with Gasteiger partial charge in [-0.1, -0.05) is 0 Å². The van der Waals surface area contributed by atoms with Crippen molar-refractivity contribution in [1.82, 2.24) is 9.88 Å². The normalized spacial score (nSPS) is 25.0. The Labute approximate surface area is 105 Å². The summed E-state index contributed by atoms with van der Waals surface area (Å²) in [5, 5.41) is 2.57. The van der Waals surface area contributed by atoms with E-state index in [1.54, 1.807) is 10.3 Å². The van der Waals surface area contributed by atoms with E-state index in [1.807, 2.05) is 13.8 Å². The number of hydrogen-bond donors (Lipinski definition) is 1. The molecule has 1 aliphatic rings. The Morgan fingerprint density at radius 3 is 2.76 bits per heavy atom. The predicted molar refractivity (Wildman–Crippen MR) is 65.9 cm³/mol. The summed E-state index contributed by atoms with van der Waals surface area (Å²) in [6.45, 7) is 5.58. The Morgan fingerprint density at radius 2 is 2.24 bits per heavy atom. The van der Waals surface area contributed by atoms with Gasteiger partial charge in [0, 0.05) is 25.0 Å². The standard InChI is InChI=1S/C11H17N3O2S/c1-7-4-14(5-8(2)16-7)11(15)9-6-17-10(3-12)13-9/h6-8H,3-5,12H2,1-2H3. The van der Waals surface area contributed by atoms with E-state index in [1.165, 1.54) is 11.3 Å². The zero-order valence-electron chi connectivity index (χ0n) is 10.0. The smallest absolute Gasteiger partial charge is 0.273 e. The minimum atomic E-state index is -0.0250. The molecule has 2 unspecified atom stereocenters. The maximum Gasteiger partial charge on any atom is 0.273 e. The van der Waals surface area contributed by atoms with Crippen molar-refractivity contribution in [3.8, 4) is 0 Å². The van der Waals surface area contributed by atoms with Crippen molar-refractivity contribution in [1.29, 1.82) is 0 Å². The highest BCUT2D eigenvalue weighted by Crippen LogP contribution is 2.16. The van der Waals surface area contributed by atoms with Gasteiger partial charge in [0.15, 0.2) is 0 Å². The first-order valence-electron chi connectivity index (χ1n) is 5.69. The second kappa shape index (κ2) is 5.12. The van der Waals surface area contributed by atoms with Crippen LogP contribution in [0.4, 0.5) is 0 Å². The molecule has 0 aliphatic carbocycles. The van der Waals surface area contributed by atoms with Crippen LogP contribution in [0, 0.1) is 0 Å². The second-order valence-corrected chi connectivity index (χ2v) is 5.24. The lowest BCUT2D eigenvalue weighted by Gasteiger charge is -2.34. The van der Waals surface area contributed by atoms with E-state index in [4.69, 9.17) is 10.5 Å².